The number of hydrogen-bond acceptors (Lipinski definition) is 7. The topological polar surface area (TPSA) is 114 Å². The second-order valence-corrected chi connectivity index (χ2v) is 11.9. The normalized spacial score (nSPS) is 25.0. The third-order valence-electron chi connectivity index (χ3n) is 8.72. The molecule has 0 amide bonds. The van der Waals surface area contributed by atoms with Crippen molar-refractivity contribution in [2.75, 3.05) is 20.0 Å². The number of fused-ring (bicyclic) bond motifs is 2. The Labute approximate surface area is 241 Å². The van der Waals surface area contributed by atoms with Crippen molar-refractivity contribution in [3.8, 4) is 23.0 Å². The lowest BCUT2D eigenvalue weighted by atomic mass is 9.57. The van der Waals surface area contributed by atoms with E-state index in [-0.39, 0.29) is 11.7 Å². The quantitative estimate of drug-likeness (QED) is 0.224. The number of aromatic hydroxyl groups is 1. The molecule has 1 saturated carbocycles. The van der Waals surface area contributed by atoms with Gasteiger partial charge in [0.15, 0.2) is 11.5 Å². The van der Waals surface area contributed by atoms with Crippen LogP contribution in [-0.4, -0.2) is 47.3 Å². The molecule has 3 aromatic rings. The molecule has 2 aliphatic rings. The van der Waals surface area contributed by atoms with Gasteiger partial charge in [0.1, 0.15) is 17.1 Å². The van der Waals surface area contributed by atoms with E-state index >= 15 is 0 Å². The van der Waals surface area contributed by atoms with Crippen molar-refractivity contribution in [3.05, 3.63) is 76.3 Å². The SMILES string of the molecule is COc1cc(/C=C/c2cc3c(c(OC)c2)O[C@]2(C)C[C@@H](O)[C@@H](O)C(C)(C)C2C3)cc(O)c1/C=C/c1ccc(N)cc1. The van der Waals surface area contributed by atoms with Gasteiger partial charge < -0.3 is 35.3 Å². The number of nitrogens with two attached hydrogens (primary N) is 1. The molecule has 0 bridgehead atoms. The fraction of sp³-hybridized carbons (Fsp3) is 0.353. The highest BCUT2D eigenvalue weighted by atomic mass is 16.5. The molecule has 5 rings (SSSR count). The van der Waals surface area contributed by atoms with E-state index in [2.05, 4.69) is 6.07 Å². The first-order chi connectivity index (χ1) is 19.4. The highest BCUT2D eigenvalue weighted by molar-refractivity contribution is 5.80. The molecule has 1 aliphatic heterocycles. The molecule has 3 aromatic carbocycles. The smallest absolute Gasteiger partial charge is 0.165 e. The maximum Gasteiger partial charge on any atom is 0.165 e. The van der Waals surface area contributed by atoms with E-state index in [0.29, 0.717) is 41.3 Å². The van der Waals surface area contributed by atoms with Crippen LogP contribution in [0, 0.1) is 11.3 Å². The Bertz CT molecular complexity index is 1490. The molecule has 5 N–H and O–H groups in total. The molecule has 216 valence electrons. The molecule has 1 heterocycles. The Hall–Kier alpha value is -3.94. The van der Waals surface area contributed by atoms with E-state index < -0.39 is 23.2 Å². The maximum atomic E-state index is 10.8. The Balaban J connectivity index is 1.44. The number of methoxy groups -OCH3 is 2. The minimum absolute atomic E-state index is 0.000106. The molecule has 1 fully saturated rings. The van der Waals surface area contributed by atoms with Crippen molar-refractivity contribution in [2.45, 2.75) is 51.4 Å². The average molecular weight is 558 g/mol. The van der Waals surface area contributed by atoms with E-state index in [4.69, 9.17) is 19.9 Å². The summed E-state index contributed by atoms with van der Waals surface area (Å²) in [5.74, 6) is 1.95. The van der Waals surface area contributed by atoms with E-state index in [0.717, 1.165) is 22.3 Å². The lowest BCUT2D eigenvalue weighted by molar-refractivity contribution is -0.187. The molecule has 7 nitrogen and oxygen atoms in total. The van der Waals surface area contributed by atoms with Crippen LogP contribution in [0.1, 0.15) is 55.0 Å². The van der Waals surface area contributed by atoms with E-state index in [1.807, 2.05) is 81.5 Å². The molecule has 0 saturated heterocycles. The highest BCUT2D eigenvalue weighted by Crippen LogP contribution is 2.55. The summed E-state index contributed by atoms with van der Waals surface area (Å²) in [7, 11) is 3.19. The van der Waals surface area contributed by atoms with E-state index in [1.165, 1.54) is 0 Å². The standard InChI is InChI=1S/C34H39NO6/c1-33(2)30-18-23-14-21(17-29(40-5)31(23)41-34(30,3)19-27(37)32(33)38)6-7-22-15-26(36)25(28(16-22)39-4)13-10-20-8-11-24(35)12-9-20/h6-17,27,30,32,36-38H,18-19,35H2,1-5H3/b7-6+,13-10+/t27-,30?,32-,34-/m1/s1. The van der Waals surface area contributed by atoms with Crippen LogP contribution in [0.3, 0.4) is 0 Å². The van der Waals surface area contributed by atoms with Crippen molar-refractivity contribution < 1.29 is 29.5 Å². The number of phenols is 1. The summed E-state index contributed by atoms with van der Waals surface area (Å²) < 4.78 is 17.9. The predicted molar refractivity (Wildman–Crippen MR) is 163 cm³/mol. The number of benzene rings is 3. The Morgan fingerprint density at radius 1 is 0.854 bits per heavy atom. The summed E-state index contributed by atoms with van der Waals surface area (Å²) in [6, 6.07) is 15.0. The van der Waals surface area contributed by atoms with Gasteiger partial charge in [-0.3, -0.25) is 0 Å². The number of anilines is 1. The van der Waals surface area contributed by atoms with Gasteiger partial charge in [-0.25, -0.2) is 0 Å². The van der Waals surface area contributed by atoms with Crippen LogP contribution >= 0.6 is 0 Å². The summed E-state index contributed by atoms with van der Waals surface area (Å²) in [5.41, 5.74) is 9.51. The highest BCUT2D eigenvalue weighted by Gasteiger charge is 2.58. The summed E-state index contributed by atoms with van der Waals surface area (Å²) in [4.78, 5) is 0. The van der Waals surface area contributed by atoms with Crippen molar-refractivity contribution in [1.29, 1.82) is 0 Å². The molecule has 0 spiro atoms. The van der Waals surface area contributed by atoms with Gasteiger partial charge in [-0.05, 0) is 78.1 Å². The second kappa shape index (κ2) is 10.8. The minimum atomic E-state index is -0.853. The predicted octanol–water partition coefficient (Wildman–Crippen LogP) is 5.79. The van der Waals surface area contributed by atoms with Crippen LogP contribution in [0.15, 0.2) is 48.5 Å². The second-order valence-electron chi connectivity index (χ2n) is 11.9. The summed E-state index contributed by atoms with van der Waals surface area (Å²) >= 11 is 0. The molecule has 4 atom stereocenters. The first-order valence-corrected chi connectivity index (χ1v) is 13.8. The Morgan fingerprint density at radius 2 is 1.46 bits per heavy atom. The third-order valence-corrected chi connectivity index (χ3v) is 8.72. The van der Waals surface area contributed by atoms with Gasteiger partial charge in [-0.15, -0.1) is 0 Å². The molecule has 0 aromatic heterocycles. The van der Waals surface area contributed by atoms with Gasteiger partial charge in [0.2, 0.25) is 0 Å². The van der Waals surface area contributed by atoms with Gasteiger partial charge >= 0.3 is 0 Å². The number of hydrogen-bond donors (Lipinski definition) is 4. The molecule has 1 unspecified atom stereocenters. The molecule has 1 aliphatic carbocycles. The van der Waals surface area contributed by atoms with Crippen molar-refractivity contribution in [3.63, 3.8) is 0 Å². The number of rotatable bonds is 6. The zero-order valence-electron chi connectivity index (χ0n) is 24.2. The molecule has 7 heteroatoms. The van der Waals surface area contributed by atoms with Gasteiger partial charge in [0, 0.05) is 23.4 Å². The Morgan fingerprint density at radius 3 is 2.12 bits per heavy atom. The van der Waals surface area contributed by atoms with Gasteiger partial charge in [-0.1, -0.05) is 44.2 Å². The molecular weight excluding hydrogens is 518 g/mol. The summed E-state index contributed by atoms with van der Waals surface area (Å²) in [5, 5.41) is 32.2. The lowest BCUT2D eigenvalue weighted by Crippen LogP contribution is -2.63. The summed E-state index contributed by atoms with van der Waals surface area (Å²) in [6.07, 6.45) is 6.93. The zero-order chi connectivity index (χ0) is 29.5. The number of aliphatic hydroxyl groups excluding tert-OH is 2. The maximum absolute atomic E-state index is 10.8. The van der Waals surface area contributed by atoms with Gasteiger partial charge in [0.25, 0.3) is 0 Å². The fourth-order valence-electron chi connectivity index (χ4n) is 6.45. The monoisotopic (exact) mass is 557 g/mol. The number of nitrogen functional groups attached to an aromatic ring is 1. The van der Waals surface area contributed by atoms with Crippen LogP contribution in [0.5, 0.6) is 23.0 Å². The van der Waals surface area contributed by atoms with Crippen molar-refractivity contribution >= 4 is 30.0 Å². The van der Waals surface area contributed by atoms with Crippen LogP contribution in [0.2, 0.25) is 0 Å². The van der Waals surface area contributed by atoms with E-state index in [9.17, 15) is 15.3 Å². The lowest BCUT2D eigenvalue weighted by Gasteiger charge is -2.56. The molecule has 0 radical (unpaired) electrons. The minimum Gasteiger partial charge on any atom is -0.507 e. The Kier molecular flexibility index (Phi) is 7.53. The molecule has 41 heavy (non-hydrogen) atoms. The van der Waals surface area contributed by atoms with Crippen LogP contribution in [0.4, 0.5) is 5.69 Å². The number of ether oxygens (including phenoxy) is 3. The average Bonchev–Trinajstić information content (AvgIpc) is 2.94. The van der Waals surface area contributed by atoms with Crippen LogP contribution in [-0.2, 0) is 6.42 Å². The molecular formula is C34H39NO6. The fourth-order valence-corrected chi connectivity index (χ4v) is 6.45. The van der Waals surface area contributed by atoms with Crippen molar-refractivity contribution in [1.82, 2.24) is 0 Å². The van der Waals surface area contributed by atoms with Crippen LogP contribution in [0.25, 0.3) is 24.3 Å². The summed E-state index contributed by atoms with van der Waals surface area (Å²) in [6.45, 7) is 6.00. The number of phenolic OH excluding ortho intramolecular Hbond substituents is 1. The number of aliphatic hydroxyl groups is 2. The van der Waals surface area contributed by atoms with Crippen molar-refractivity contribution in [2.24, 2.45) is 11.3 Å². The van der Waals surface area contributed by atoms with Crippen LogP contribution < -0.4 is 19.9 Å². The zero-order valence-corrected chi connectivity index (χ0v) is 24.2. The van der Waals surface area contributed by atoms with E-state index in [1.54, 1.807) is 20.3 Å². The first kappa shape index (κ1) is 28.6. The largest absolute Gasteiger partial charge is 0.507 e. The van der Waals surface area contributed by atoms with Gasteiger partial charge in [0.05, 0.1) is 32.0 Å². The van der Waals surface area contributed by atoms with Gasteiger partial charge in [-0.2, -0.15) is 0 Å². The third kappa shape index (κ3) is 5.39. The first-order valence-electron chi connectivity index (χ1n) is 13.8.